The van der Waals surface area contributed by atoms with Crippen LogP contribution in [0.25, 0.3) is 21.8 Å². The van der Waals surface area contributed by atoms with E-state index in [9.17, 15) is 9.59 Å². The molecule has 3 aromatic carbocycles. The van der Waals surface area contributed by atoms with E-state index in [1.54, 1.807) is 0 Å². The van der Waals surface area contributed by atoms with Gasteiger partial charge in [0.1, 0.15) is 0 Å². The SMILES string of the molecule is CCCc1c2c(c3c([nH]c4ccccc43)c1CCC)C(=O)N(c1ccccc1)C2=O. The van der Waals surface area contributed by atoms with Gasteiger partial charge in [-0.05, 0) is 42.2 Å². The maximum Gasteiger partial charge on any atom is 0.266 e. The molecule has 0 spiro atoms. The topological polar surface area (TPSA) is 53.2 Å². The van der Waals surface area contributed by atoms with Crippen molar-refractivity contribution in [1.29, 1.82) is 0 Å². The number of benzene rings is 3. The van der Waals surface area contributed by atoms with E-state index >= 15 is 0 Å². The van der Waals surface area contributed by atoms with Crippen molar-refractivity contribution < 1.29 is 9.59 Å². The Bertz CT molecular complexity index is 1300. The summed E-state index contributed by atoms with van der Waals surface area (Å²) in [5.74, 6) is -0.425. The minimum atomic E-state index is -0.226. The van der Waals surface area contributed by atoms with Gasteiger partial charge in [-0.25, -0.2) is 4.90 Å². The maximum absolute atomic E-state index is 13.7. The summed E-state index contributed by atoms with van der Waals surface area (Å²) in [5.41, 5.74) is 6.00. The van der Waals surface area contributed by atoms with Gasteiger partial charge < -0.3 is 4.98 Å². The minimum Gasteiger partial charge on any atom is -0.354 e. The number of nitrogens with zero attached hydrogens (tertiary/aromatic N) is 1. The van der Waals surface area contributed by atoms with Gasteiger partial charge in [-0.15, -0.1) is 0 Å². The number of nitrogens with one attached hydrogen (secondary N) is 1. The number of aromatic nitrogens is 1. The number of amides is 2. The first-order chi connectivity index (χ1) is 14.7. The second-order valence-corrected chi connectivity index (χ2v) is 7.91. The van der Waals surface area contributed by atoms with Crippen molar-refractivity contribution >= 4 is 39.3 Å². The standard InChI is InChI=1S/C26H24N2O2/c1-3-10-17-18(11-4-2)24-21(19-14-8-9-15-20(19)27-24)23-22(17)25(29)28(26(23)30)16-12-6-5-7-13-16/h5-9,12-15,27H,3-4,10-11H2,1-2H3. The van der Waals surface area contributed by atoms with E-state index in [4.69, 9.17) is 0 Å². The highest BCUT2D eigenvalue weighted by atomic mass is 16.2. The third-order valence-corrected chi connectivity index (χ3v) is 6.02. The van der Waals surface area contributed by atoms with Crippen LogP contribution in [0.4, 0.5) is 5.69 Å². The van der Waals surface area contributed by atoms with E-state index in [0.29, 0.717) is 16.8 Å². The summed E-state index contributed by atoms with van der Waals surface area (Å²) in [6.07, 6.45) is 3.55. The zero-order valence-corrected chi connectivity index (χ0v) is 17.3. The number of fused-ring (bicyclic) bond motifs is 5. The highest BCUT2D eigenvalue weighted by Gasteiger charge is 2.41. The van der Waals surface area contributed by atoms with E-state index in [-0.39, 0.29) is 11.8 Å². The predicted molar refractivity (Wildman–Crippen MR) is 121 cm³/mol. The van der Waals surface area contributed by atoms with Crippen LogP contribution in [0.3, 0.4) is 0 Å². The van der Waals surface area contributed by atoms with Crippen LogP contribution in [0.5, 0.6) is 0 Å². The van der Waals surface area contributed by atoms with Crippen LogP contribution in [-0.2, 0) is 12.8 Å². The molecular formula is C26H24N2O2. The monoisotopic (exact) mass is 396 g/mol. The van der Waals surface area contributed by atoms with Crippen molar-refractivity contribution in [2.75, 3.05) is 4.90 Å². The van der Waals surface area contributed by atoms with E-state index in [2.05, 4.69) is 18.8 Å². The van der Waals surface area contributed by atoms with Gasteiger partial charge in [0, 0.05) is 16.3 Å². The van der Waals surface area contributed by atoms with Crippen LogP contribution in [0, 0.1) is 0 Å². The van der Waals surface area contributed by atoms with Crippen LogP contribution < -0.4 is 4.90 Å². The van der Waals surface area contributed by atoms with Gasteiger partial charge in [-0.1, -0.05) is 63.1 Å². The van der Waals surface area contributed by atoms with Crippen molar-refractivity contribution in [3.8, 4) is 0 Å². The normalized spacial score (nSPS) is 13.6. The molecular weight excluding hydrogens is 372 g/mol. The summed E-state index contributed by atoms with van der Waals surface area (Å²) in [4.78, 5) is 32.3. The molecule has 0 aliphatic carbocycles. The number of hydrogen-bond acceptors (Lipinski definition) is 2. The lowest BCUT2D eigenvalue weighted by atomic mass is 9.88. The van der Waals surface area contributed by atoms with E-state index < -0.39 is 0 Å². The lowest BCUT2D eigenvalue weighted by Gasteiger charge is -2.15. The smallest absolute Gasteiger partial charge is 0.266 e. The molecule has 2 heterocycles. The molecule has 0 radical (unpaired) electrons. The lowest BCUT2D eigenvalue weighted by molar-refractivity contribution is 0.0926. The number of imide groups is 1. The summed E-state index contributed by atoms with van der Waals surface area (Å²) in [6, 6.07) is 17.3. The molecule has 1 aromatic heterocycles. The molecule has 2 amide bonds. The molecule has 1 N–H and O–H groups in total. The summed E-state index contributed by atoms with van der Waals surface area (Å²) in [6.45, 7) is 4.27. The molecule has 1 aliphatic heterocycles. The van der Waals surface area contributed by atoms with Crippen molar-refractivity contribution in [1.82, 2.24) is 4.98 Å². The highest BCUT2D eigenvalue weighted by Crippen LogP contribution is 2.42. The Hall–Kier alpha value is -3.40. The number of aryl methyl sites for hydroxylation is 1. The molecule has 5 rings (SSSR count). The Morgan fingerprint density at radius 3 is 2.13 bits per heavy atom. The zero-order valence-electron chi connectivity index (χ0n) is 17.3. The van der Waals surface area contributed by atoms with Gasteiger partial charge in [0.15, 0.2) is 0 Å². The first kappa shape index (κ1) is 18.6. The van der Waals surface area contributed by atoms with Crippen molar-refractivity contribution in [3.05, 3.63) is 76.9 Å². The van der Waals surface area contributed by atoms with Gasteiger partial charge in [-0.2, -0.15) is 0 Å². The van der Waals surface area contributed by atoms with Gasteiger partial charge in [0.2, 0.25) is 0 Å². The number of para-hydroxylation sites is 2. The molecule has 1 aliphatic rings. The van der Waals surface area contributed by atoms with Crippen LogP contribution in [-0.4, -0.2) is 16.8 Å². The number of hydrogen-bond donors (Lipinski definition) is 1. The average Bonchev–Trinajstić information content (AvgIpc) is 3.26. The van der Waals surface area contributed by atoms with Crippen molar-refractivity contribution in [3.63, 3.8) is 0 Å². The fourth-order valence-corrected chi connectivity index (χ4v) is 4.83. The summed E-state index contributed by atoms with van der Waals surface area (Å²) < 4.78 is 0. The highest BCUT2D eigenvalue weighted by molar-refractivity contribution is 6.40. The second-order valence-electron chi connectivity index (χ2n) is 7.91. The predicted octanol–water partition coefficient (Wildman–Crippen LogP) is 6.03. The number of carbonyl (C=O) groups excluding carboxylic acids is 2. The third kappa shape index (κ3) is 2.53. The van der Waals surface area contributed by atoms with Crippen LogP contribution in [0.1, 0.15) is 58.5 Å². The number of rotatable bonds is 5. The Balaban J connectivity index is 1.91. The maximum atomic E-state index is 13.7. The Labute approximate surface area is 175 Å². The summed E-state index contributed by atoms with van der Waals surface area (Å²) >= 11 is 0. The molecule has 0 bridgehead atoms. The van der Waals surface area contributed by atoms with Crippen molar-refractivity contribution in [2.24, 2.45) is 0 Å². The second kappa shape index (κ2) is 7.13. The van der Waals surface area contributed by atoms with Crippen LogP contribution in [0.15, 0.2) is 54.6 Å². The Kier molecular flexibility index (Phi) is 4.43. The molecule has 0 fully saturated rings. The van der Waals surface area contributed by atoms with E-state index in [0.717, 1.165) is 53.1 Å². The van der Waals surface area contributed by atoms with Crippen LogP contribution >= 0.6 is 0 Å². The number of anilines is 1. The molecule has 4 aromatic rings. The van der Waals surface area contributed by atoms with E-state index in [1.165, 1.54) is 10.5 Å². The molecule has 150 valence electrons. The number of H-pyrrole nitrogens is 1. The Morgan fingerprint density at radius 2 is 1.40 bits per heavy atom. The molecule has 4 nitrogen and oxygen atoms in total. The van der Waals surface area contributed by atoms with Gasteiger partial charge in [-0.3, -0.25) is 9.59 Å². The largest absolute Gasteiger partial charge is 0.354 e. The molecule has 0 saturated heterocycles. The van der Waals surface area contributed by atoms with Crippen LogP contribution in [0.2, 0.25) is 0 Å². The minimum absolute atomic E-state index is 0.200. The van der Waals surface area contributed by atoms with Gasteiger partial charge >= 0.3 is 0 Å². The summed E-state index contributed by atoms with van der Waals surface area (Å²) in [5, 5.41) is 1.89. The molecule has 4 heteroatoms. The fraction of sp³-hybridized carbons (Fsp3) is 0.231. The molecule has 30 heavy (non-hydrogen) atoms. The first-order valence-corrected chi connectivity index (χ1v) is 10.7. The first-order valence-electron chi connectivity index (χ1n) is 10.7. The molecule has 0 saturated carbocycles. The van der Waals surface area contributed by atoms with Gasteiger partial charge in [0.05, 0.1) is 22.3 Å². The van der Waals surface area contributed by atoms with Crippen molar-refractivity contribution in [2.45, 2.75) is 39.5 Å². The van der Waals surface area contributed by atoms with E-state index in [1.807, 2.05) is 54.6 Å². The number of aromatic amines is 1. The fourth-order valence-electron chi connectivity index (χ4n) is 4.83. The lowest BCUT2D eigenvalue weighted by Crippen LogP contribution is -2.29. The zero-order chi connectivity index (χ0) is 20.8. The molecule has 0 atom stereocenters. The third-order valence-electron chi connectivity index (χ3n) is 6.02. The van der Waals surface area contributed by atoms with Gasteiger partial charge in [0.25, 0.3) is 11.8 Å². The quantitative estimate of drug-likeness (QED) is 0.419. The molecule has 0 unspecified atom stereocenters. The average molecular weight is 396 g/mol. The number of carbonyl (C=O) groups is 2. The Morgan fingerprint density at radius 1 is 0.767 bits per heavy atom. The summed E-state index contributed by atoms with van der Waals surface area (Å²) in [7, 11) is 0.